The van der Waals surface area contributed by atoms with Crippen molar-refractivity contribution in [1.82, 2.24) is 0 Å². The molecule has 1 radical (unpaired) electrons. The number of carbonyl (C=O) groups excluding carboxylic acids is 6. The molecule has 0 unspecified atom stereocenters. The number of rotatable bonds is 0. The molecule has 413 valence electrons. The van der Waals surface area contributed by atoms with Gasteiger partial charge in [-0.15, -0.1) is 0 Å². The minimum absolute atomic E-state index is 0. The van der Waals surface area contributed by atoms with Crippen LogP contribution < -0.4 is 0 Å². The normalized spacial score (nSPS) is 35.1. The Bertz CT molecular complexity index is 852. The maximum absolute atomic E-state index is 10.4. The van der Waals surface area contributed by atoms with Crippen LogP contribution in [0.2, 0.25) is 0 Å². The molecule has 0 N–H and O–H groups in total. The van der Waals surface area contributed by atoms with Crippen molar-refractivity contribution in [3.8, 4) is 0 Å². The van der Waals surface area contributed by atoms with Crippen LogP contribution >= 0.6 is 0 Å². The maximum Gasteiger partial charge on any atom is 4.00 e. The van der Waals surface area contributed by atoms with Crippen LogP contribution in [0.4, 0.5) is 0 Å². The summed E-state index contributed by atoms with van der Waals surface area (Å²) in [5, 5.41) is 0. The van der Waals surface area contributed by atoms with E-state index in [2.05, 4.69) is 179 Å². The van der Waals surface area contributed by atoms with E-state index in [4.69, 9.17) is 28.8 Å². The van der Waals surface area contributed by atoms with E-state index >= 15 is 0 Å². The zero-order valence-corrected chi connectivity index (χ0v) is 58.4. The van der Waals surface area contributed by atoms with Crippen molar-refractivity contribution >= 4 is 77.6 Å². The van der Waals surface area contributed by atoms with Gasteiger partial charge < -0.3 is 85.5 Å². The molecule has 0 amide bonds. The fourth-order valence-corrected chi connectivity index (χ4v) is 11.1. The molecule has 15 heteroatoms. The summed E-state index contributed by atoms with van der Waals surface area (Å²) >= 11 is 0. The molecule has 4 fully saturated rings. The summed E-state index contributed by atoms with van der Waals surface area (Å²) in [6, 6.07) is 0. The summed E-state index contributed by atoms with van der Waals surface area (Å²) in [6.07, 6.45) is 3.35. The number of thiol groups is 2. The molecule has 8 nitrogen and oxygen atoms in total. The number of sulfone groups is 1. The van der Waals surface area contributed by atoms with Gasteiger partial charge in [0.05, 0.1) is 11.5 Å². The molecular weight excluding hydrogens is 1260 g/mol. The van der Waals surface area contributed by atoms with E-state index in [0.29, 0.717) is 0 Å². The number of hydrogen-bond acceptors (Lipinski definition) is 10. The molecule has 4 saturated carbocycles. The van der Waals surface area contributed by atoms with Gasteiger partial charge >= 0.3 is 63.2 Å². The predicted molar refractivity (Wildman–Crippen MR) is 295 cm³/mol. The Morgan fingerprint density at radius 2 is 0.333 bits per heavy atom. The third-order valence-corrected chi connectivity index (χ3v) is 18.9. The van der Waals surface area contributed by atoms with E-state index in [1.54, 1.807) is 12.2 Å². The van der Waals surface area contributed by atoms with Gasteiger partial charge in [-0.25, -0.2) is 8.42 Å². The maximum atomic E-state index is 10.4. The Hall–Kier alpha value is 1.16. The van der Waals surface area contributed by atoms with Crippen molar-refractivity contribution in [3.63, 3.8) is 0 Å². The van der Waals surface area contributed by atoms with Crippen LogP contribution in [0.25, 0.3) is 0 Å². The summed E-state index contributed by atoms with van der Waals surface area (Å²) < 4.78 is 20.7. The van der Waals surface area contributed by atoms with Gasteiger partial charge in [0.1, 0.15) is 0 Å². The van der Waals surface area contributed by atoms with Gasteiger partial charge in [-0.05, 0) is 118 Å². The zero-order valence-electron chi connectivity index (χ0n) is 47.8. The monoisotopic (exact) mass is 1370 g/mol. The molecule has 0 saturated heterocycles. The summed E-state index contributed by atoms with van der Waals surface area (Å²) in [7, 11) is -2.66. The van der Waals surface area contributed by atoms with Gasteiger partial charge in [-0.1, -0.05) is 151 Å². The van der Waals surface area contributed by atoms with Crippen LogP contribution in [0, 0.1) is 148 Å². The van der Waals surface area contributed by atoms with Crippen molar-refractivity contribution in [2.24, 2.45) is 118 Å². The molecule has 1 heterocycles. The molecule has 0 atom stereocenters. The largest absolute Gasteiger partial charge is 4.00 e. The first-order valence-electron chi connectivity index (χ1n) is 21.7. The second kappa shape index (κ2) is 63.5. The minimum Gasteiger partial charge on any atom is -0.813 e. The number of hydrogen-bond donors (Lipinski definition) is 0. The van der Waals surface area contributed by atoms with Crippen molar-refractivity contribution < 1.29 is 121 Å². The molecule has 69 heavy (non-hydrogen) atoms. The first-order valence-corrected chi connectivity index (χ1v) is 23.5. The third-order valence-electron chi connectivity index (χ3n) is 17.5. The molecule has 1 aliphatic heterocycles. The van der Waals surface area contributed by atoms with E-state index in [1.165, 1.54) is 0 Å². The SMILES string of the molecule is CC1C(C)C(C)C(C)C1C.CC1C(C)C(C)C(C)C1C.CC1C(C)C(C)C(C)C1C.CC1C(C)C(C)C(C)C1C.O=S1(=O)CC=CC1.[CH-]=O.[CH-]=O.[CH-]=O.[CH-]=O.[CH-]=O.[CH-]=O.[CH3-].[CH3-].[CH3-].[CH3-].[Mo+3].[Mo+4].[Mo+4].[Mo].[SH-].[SH-]. The topological polar surface area (TPSA) is 137 Å². The smallest absolute Gasteiger partial charge is 0.813 e. The summed E-state index contributed by atoms with van der Waals surface area (Å²) in [4.78, 5) is 46.5. The average molecular weight is 1360 g/mol. The van der Waals surface area contributed by atoms with Crippen LogP contribution in [0.5, 0.6) is 0 Å². The molecule has 0 aromatic heterocycles. The first-order chi connectivity index (χ1) is 27.4. The molecule has 0 bridgehead atoms. The predicted octanol–water partition coefficient (Wildman–Crippen LogP) is 12.3. The van der Waals surface area contributed by atoms with Crippen LogP contribution in [-0.4, -0.2) is 60.7 Å². The Balaban J connectivity index is -0.0000000333. The summed E-state index contributed by atoms with van der Waals surface area (Å²) in [5.74, 6) is 19.2. The summed E-state index contributed by atoms with van der Waals surface area (Å²) in [5.41, 5.74) is 0. The van der Waals surface area contributed by atoms with Crippen LogP contribution in [0.15, 0.2) is 12.2 Å². The van der Waals surface area contributed by atoms with Gasteiger partial charge in [0.2, 0.25) is 0 Å². The van der Waals surface area contributed by atoms with Gasteiger partial charge in [0.15, 0.2) is 9.84 Å². The fraction of sp³-hybridized carbons (Fsp3) is 0.778. The van der Waals surface area contributed by atoms with Crippen molar-refractivity contribution in [2.45, 2.75) is 138 Å². The van der Waals surface area contributed by atoms with Crippen LogP contribution in [-0.2, 0) is 150 Å². The van der Waals surface area contributed by atoms with Crippen molar-refractivity contribution in [2.75, 3.05) is 11.5 Å². The van der Waals surface area contributed by atoms with E-state index < -0.39 is 9.84 Å². The molecule has 0 aromatic rings. The van der Waals surface area contributed by atoms with Crippen molar-refractivity contribution in [1.29, 1.82) is 0 Å². The molecule has 4 aliphatic carbocycles. The molecule has 0 spiro atoms. The van der Waals surface area contributed by atoms with E-state index in [-0.39, 0.29) is 152 Å². The van der Waals surface area contributed by atoms with Crippen molar-refractivity contribution in [3.05, 3.63) is 41.9 Å². The van der Waals surface area contributed by atoms with Gasteiger partial charge in [-0.3, -0.25) is 40.7 Å². The zero-order chi connectivity index (χ0) is 48.9. The average Bonchev–Trinajstić information content (AvgIpc) is 3.91. The Morgan fingerprint density at radius 3 is 0.362 bits per heavy atom. The second-order valence-electron chi connectivity index (χ2n) is 18.7. The minimum atomic E-state index is -2.66. The standard InChI is InChI=1S/4C10H20.C4H6O2S.6CHO.4CH3.4Mo.2H2S/c4*1-6-7(2)9(4)10(5)8(6)3;5-7(6)3-1-2-4-7;6*1-2;;;;;;;;;;/h4*6-10H,1-5H3;1-2H,3-4H2;6*1H;4*1H3;;;;;2*1H2/q;;;;;10*-1;;+3;2*+4;;/p-2. The summed E-state index contributed by atoms with van der Waals surface area (Å²) in [6.45, 7) is 67.5. The van der Waals surface area contributed by atoms with Crippen LogP contribution in [0.1, 0.15) is 138 Å². The molecule has 0 aromatic carbocycles. The molecule has 5 rings (SSSR count). The van der Waals surface area contributed by atoms with Crippen LogP contribution in [0.3, 0.4) is 0 Å². The van der Waals surface area contributed by atoms with E-state index in [0.717, 1.165) is 118 Å². The second-order valence-corrected chi connectivity index (χ2v) is 20.9. The molecule has 5 aliphatic rings. The third kappa shape index (κ3) is 38.4. The van der Waals surface area contributed by atoms with Gasteiger partial charge in [-0.2, -0.15) is 0 Å². The Morgan fingerprint density at radius 1 is 0.275 bits per heavy atom. The fourth-order valence-electron chi connectivity index (χ4n) is 10.1. The van der Waals surface area contributed by atoms with E-state index in [1.807, 2.05) is 0 Å². The van der Waals surface area contributed by atoms with Gasteiger partial charge in [0, 0.05) is 21.1 Å². The molecular formula is C54H106Mo4O8S3-. The van der Waals surface area contributed by atoms with E-state index in [9.17, 15) is 8.42 Å². The Labute approximate surface area is 504 Å². The first kappa shape index (κ1) is 114. The van der Waals surface area contributed by atoms with Gasteiger partial charge in [0.25, 0.3) is 0 Å². The Kier molecular flexibility index (Phi) is 105. The quantitative estimate of drug-likeness (QED) is 0.0576.